The molecule has 1 aliphatic rings. The quantitative estimate of drug-likeness (QED) is 0.697. The van der Waals surface area contributed by atoms with E-state index >= 15 is 0 Å². The van der Waals surface area contributed by atoms with E-state index in [1.807, 2.05) is 17.0 Å². The molecule has 0 radical (unpaired) electrons. The van der Waals surface area contributed by atoms with Crippen molar-refractivity contribution in [3.63, 3.8) is 0 Å². The lowest BCUT2D eigenvalue weighted by Gasteiger charge is -2.35. The molecule has 0 aromatic carbocycles. The van der Waals surface area contributed by atoms with Gasteiger partial charge in [-0.25, -0.2) is 4.98 Å². The molecule has 0 bridgehead atoms. The van der Waals surface area contributed by atoms with Gasteiger partial charge in [0.25, 0.3) is 0 Å². The lowest BCUT2D eigenvalue weighted by Crippen LogP contribution is -2.49. The largest absolute Gasteiger partial charge is 0.360 e. The molecule has 3 heterocycles. The molecule has 1 saturated heterocycles. The van der Waals surface area contributed by atoms with Gasteiger partial charge in [-0.2, -0.15) is 0 Å². The van der Waals surface area contributed by atoms with E-state index < -0.39 is 0 Å². The fourth-order valence-corrected chi connectivity index (χ4v) is 3.78. The Morgan fingerprint density at radius 2 is 2.07 bits per heavy atom. The smallest absolute Gasteiger partial charge is 0.238 e. The van der Waals surface area contributed by atoms with Gasteiger partial charge in [0.1, 0.15) is 11.6 Å². The Kier molecular flexibility index (Phi) is 6.95. The van der Waals surface area contributed by atoms with Gasteiger partial charge in [0, 0.05) is 42.9 Å². The van der Waals surface area contributed by atoms with Crippen LogP contribution in [0.4, 0.5) is 11.6 Å². The predicted molar refractivity (Wildman–Crippen MR) is 113 cm³/mol. The SMILES string of the molecule is Cc1cc(NC(=O)C(C)SCC(=O)N2CCN(c3ccc(Br)cn3)CC2)no1. The molecule has 2 aromatic heterocycles. The molecule has 3 rings (SSSR count). The van der Waals surface area contributed by atoms with Crippen molar-refractivity contribution in [3.8, 4) is 0 Å². The number of carbonyl (C=O) groups is 2. The van der Waals surface area contributed by atoms with Crippen molar-refractivity contribution in [2.24, 2.45) is 0 Å². The maximum atomic E-state index is 12.5. The van der Waals surface area contributed by atoms with Gasteiger partial charge in [-0.05, 0) is 41.9 Å². The van der Waals surface area contributed by atoms with E-state index in [4.69, 9.17) is 4.52 Å². The Morgan fingerprint density at radius 1 is 1.32 bits per heavy atom. The second kappa shape index (κ2) is 9.42. The number of nitrogens with zero attached hydrogens (tertiary/aromatic N) is 4. The molecule has 28 heavy (non-hydrogen) atoms. The molecule has 10 heteroatoms. The summed E-state index contributed by atoms with van der Waals surface area (Å²) in [6, 6.07) is 5.58. The van der Waals surface area contributed by atoms with Crippen LogP contribution < -0.4 is 10.2 Å². The number of rotatable bonds is 6. The molecule has 1 N–H and O–H groups in total. The molecule has 0 saturated carbocycles. The van der Waals surface area contributed by atoms with Crippen LogP contribution in [-0.4, -0.2) is 64.0 Å². The van der Waals surface area contributed by atoms with Crippen LogP contribution in [0.3, 0.4) is 0 Å². The van der Waals surface area contributed by atoms with Gasteiger partial charge in [0.05, 0.1) is 11.0 Å². The molecule has 1 atom stereocenters. The first kappa shape index (κ1) is 20.7. The van der Waals surface area contributed by atoms with Crippen LogP contribution >= 0.6 is 27.7 Å². The molecule has 2 aromatic rings. The fraction of sp³-hybridized carbons (Fsp3) is 0.444. The number of aryl methyl sites for hydroxylation is 1. The lowest BCUT2D eigenvalue weighted by molar-refractivity contribution is -0.128. The van der Waals surface area contributed by atoms with Crippen LogP contribution in [0.2, 0.25) is 0 Å². The number of hydrogen-bond acceptors (Lipinski definition) is 7. The zero-order valence-electron chi connectivity index (χ0n) is 15.7. The summed E-state index contributed by atoms with van der Waals surface area (Å²) in [5, 5.41) is 6.06. The van der Waals surface area contributed by atoms with Crippen LogP contribution in [0.5, 0.6) is 0 Å². The summed E-state index contributed by atoms with van der Waals surface area (Å²) < 4.78 is 5.87. The maximum Gasteiger partial charge on any atom is 0.238 e. The molecule has 0 aliphatic carbocycles. The Bertz CT molecular complexity index is 821. The molecular formula is C18H22BrN5O3S. The number of thioether (sulfide) groups is 1. The average molecular weight is 468 g/mol. The van der Waals surface area contributed by atoms with Crippen molar-refractivity contribution < 1.29 is 14.1 Å². The first-order valence-electron chi connectivity index (χ1n) is 8.92. The lowest BCUT2D eigenvalue weighted by atomic mass is 10.3. The van der Waals surface area contributed by atoms with Crippen molar-refractivity contribution in [1.82, 2.24) is 15.0 Å². The first-order valence-corrected chi connectivity index (χ1v) is 10.8. The Balaban J connectivity index is 1.41. The molecule has 150 valence electrons. The molecule has 1 unspecified atom stereocenters. The third-order valence-corrected chi connectivity index (χ3v) is 5.97. The molecular weight excluding hydrogens is 446 g/mol. The predicted octanol–water partition coefficient (Wildman–Crippen LogP) is 2.55. The topological polar surface area (TPSA) is 91.6 Å². The summed E-state index contributed by atoms with van der Waals surface area (Å²) in [5.41, 5.74) is 0. The average Bonchev–Trinajstić information content (AvgIpc) is 3.11. The number of halogens is 1. The summed E-state index contributed by atoms with van der Waals surface area (Å²) >= 11 is 4.70. The minimum Gasteiger partial charge on any atom is -0.360 e. The third kappa shape index (κ3) is 5.48. The summed E-state index contributed by atoms with van der Waals surface area (Å²) in [6.07, 6.45) is 1.77. The highest BCUT2D eigenvalue weighted by molar-refractivity contribution is 9.10. The monoisotopic (exact) mass is 467 g/mol. The zero-order chi connectivity index (χ0) is 20.1. The first-order chi connectivity index (χ1) is 13.4. The van der Waals surface area contributed by atoms with Crippen molar-refractivity contribution >= 4 is 51.1 Å². The van der Waals surface area contributed by atoms with E-state index in [2.05, 4.69) is 36.3 Å². The van der Waals surface area contributed by atoms with Gasteiger partial charge < -0.3 is 19.6 Å². The molecule has 1 fully saturated rings. The molecule has 1 aliphatic heterocycles. The Labute approximate surface area is 176 Å². The maximum absolute atomic E-state index is 12.5. The number of anilines is 2. The van der Waals surface area contributed by atoms with E-state index in [-0.39, 0.29) is 22.8 Å². The minimum absolute atomic E-state index is 0.0466. The number of amides is 2. The number of piperazine rings is 1. The second-order valence-corrected chi connectivity index (χ2v) is 8.71. The summed E-state index contributed by atoms with van der Waals surface area (Å²) in [7, 11) is 0. The molecule has 8 nitrogen and oxygen atoms in total. The normalized spacial score (nSPS) is 15.4. The summed E-state index contributed by atoms with van der Waals surface area (Å²) in [5.74, 6) is 2.05. The zero-order valence-corrected chi connectivity index (χ0v) is 18.1. The Hall–Kier alpha value is -2.07. The summed E-state index contributed by atoms with van der Waals surface area (Å²) in [4.78, 5) is 33.1. The highest BCUT2D eigenvalue weighted by atomic mass is 79.9. The molecule has 2 amide bonds. The van der Waals surface area contributed by atoms with Gasteiger partial charge in [0.15, 0.2) is 5.82 Å². The van der Waals surface area contributed by atoms with Crippen LogP contribution in [0.15, 0.2) is 33.4 Å². The second-order valence-electron chi connectivity index (χ2n) is 6.47. The number of hydrogen-bond donors (Lipinski definition) is 1. The number of nitrogens with one attached hydrogen (secondary N) is 1. The summed E-state index contributed by atoms with van der Waals surface area (Å²) in [6.45, 7) is 6.31. The van der Waals surface area contributed by atoms with E-state index in [0.717, 1.165) is 23.4 Å². The van der Waals surface area contributed by atoms with Gasteiger partial charge >= 0.3 is 0 Å². The van der Waals surface area contributed by atoms with Gasteiger partial charge in [-0.3, -0.25) is 9.59 Å². The van der Waals surface area contributed by atoms with Crippen LogP contribution in [0.25, 0.3) is 0 Å². The van der Waals surface area contributed by atoms with Crippen molar-refractivity contribution in [2.75, 3.05) is 42.1 Å². The highest BCUT2D eigenvalue weighted by Crippen LogP contribution is 2.18. The van der Waals surface area contributed by atoms with E-state index in [1.54, 1.807) is 26.1 Å². The van der Waals surface area contributed by atoms with E-state index in [9.17, 15) is 9.59 Å². The van der Waals surface area contributed by atoms with E-state index in [0.29, 0.717) is 24.7 Å². The molecule has 0 spiro atoms. The van der Waals surface area contributed by atoms with Crippen LogP contribution in [-0.2, 0) is 9.59 Å². The van der Waals surface area contributed by atoms with Crippen LogP contribution in [0.1, 0.15) is 12.7 Å². The van der Waals surface area contributed by atoms with Crippen molar-refractivity contribution in [1.29, 1.82) is 0 Å². The third-order valence-electron chi connectivity index (χ3n) is 4.37. The number of carbonyl (C=O) groups excluding carboxylic acids is 2. The van der Waals surface area contributed by atoms with Crippen molar-refractivity contribution in [2.45, 2.75) is 19.1 Å². The highest BCUT2D eigenvalue weighted by Gasteiger charge is 2.23. The fourth-order valence-electron chi connectivity index (χ4n) is 2.76. The van der Waals surface area contributed by atoms with Crippen LogP contribution in [0, 0.1) is 6.92 Å². The standard InChI is InChI=1S/C18H22BrN5O3S/c1-12-9-15(22-27-12)21-18(26)13(2)28-11-17(25)24-7-5-23(6-8-24)16-4-3-14(19)10-20-16/h3-4,9-10,13H,5-8,11H2,1-2H3,(H,21,22,26). The number of aromatic nitrogens is 2. The van der Waals surface area contributed by atoms with Gasteiger partial charge in [0.2, 0.25) is 11.8 Å². The number of pyridine rings is 1. The van der Waals surface area contributed by atoms with Crippen molar-refractivity contribution in [3.05, 3.63) is 34.6 Å². The minimum atomic E-state index is -0.366. The van der Waals surface area contributed by atoms with Gasteiger partial charge in [-0.1, -0.05) is 5.16 Å². The van der Waals surface area contributed by atoms with E-state index in [1.165, 1.54) is 11.8 Å². The van der Waals surface area contributed by atoms with Gasteiger partial charge in [-0.15, -0.1) is 11.8 Å². The Morgan fingerprint density at radius 3 is 2.68 bits per heavy atom.